The van der Waals surface area contributed by atoms with Gasteiger partial charge in [-0.3, -0.25) is 4.79 Å². The first-order valence-electron chi connectivity index (χ1n) is 13.9. The predicted molar refractivity (Wildman–Crippen MR) is 134 cm³/mol. The van der Waals surface area contributed by atoms with E-state index in [0.717, 1.165) is 12.8 Å². The molecule has 2 N–H and O–H groups in total. The van der Waals surface area contributed by atoms with Crippen molar-refractivity contribution in [1.82, 2.24) is 40.4 Å². The standard InChI is InChI=1S/C26H29F5N8O3/c1-13-20(37-42-36-13)23(40)35-21(14-4-7-25(27,28)8-5-14)17-12-39-19(33-17)10-16(11-32-39)22(15-2-3-15)38-9-6-18(26(29,30)31)34-24(38)41/h10-12,14-15,18,21-22H,2-9H2,1H3,(H,34,41)(H,35,40). The first kappa shape index (κ1) is 28.3. The van der Waals surface area contributed by atoms with Gasteiger partial charge < -0.3 is 15.5 Å². The second-order valence-corrected chi connectivity index (χ2v) is 11.4. The van der Waals surface area contributed by atoms with Gasteiger partial charge in [0.2, 0.25) is 5.92 Å². The van der Waals surface area contributed by atoms with Crippen LogP contribution in [0.3, 0.4) is 0 Å². The monoisotopic (exact) mass is 596 g/mol. The Kier molecular flexibility index (Phi) is 7.04. The van der Waals surface area contributed by atoms with Crippen LogP contribution in [0.25, 0.3) is 5.65 Å². The minimum Gasteiger partial charge on any atom is -0.342 e. The fourth-order valence-electron chi connectivity index (χ4n) is 6.00. The molecule has 6 rings (SSSR count). The summed E-state index contributed by atoms with van der Waals surface area (Å²) in [6.45, 7) is 1.50. The third-order valence-corrected chi connectivity index (χ3v) is 8.42. The van der Waals surface area contributed by atoms with Crippen LogP contribution in [-0.2, 0) is 0 Å². The minimum atomic E-state index is -4.52. The van der Waals surface area contributed by atoms with Gasteiger partial charge in [0.1, 0.15) is 11.7 Å². The zero-order valence-electron chi connectivity index (χ0n) is 22.6. The first-order chi connectivity index (χ1) is 19.9. The molecule has 3 atom stereocenters. The first-order valence-corrected chi connectivity index (χ1v) is 13.9. The molecule has 2 aliphatic carbocycles. The summed E-state index contributed by atoms with van der Waals surface area (Å²) >= 11 is 0. The van der Waals surface area contributed by atoms with E-state index in [1.54, 1.807) is 25.4 Å². The number of nitrogens with zero attached hydrogens (tertiary/aromatic N) is 6. The number of amides is 3. The van der Waals surface area contributed by atoms with Crippen molar-refractivity contribution in [1.29, 1.82) is 0 Å². The quantitative estimate of drug-likeness (QED) is 0.384. The number of rotatable bonds is 7. The molecule has 3 aliphatic rings. The van der Waals surface area contributed by atoms with E-state index in [1.165, 1.54) is 9.42 Å². The van der Waals surface area contributed by atoms with Crippen LogP contribution in [0.4, 0.5) is 26.7 Å². The Balaban J connectivity index is 1.28. The van der Waals surface area contributed by atoms with Gasteiger partial charge in [-0.15, -0.1) is 0 Å². The van der Waals surface area contributed by atoms with Crippen molar-refractivity contribution in [3.8, 4) is 0 Å². The number of carbonyl (C=O) groups is 2. The fourth-order valence-corrected chi connectivity index (χ4v) is 6.00. The maximum absolute atomic E-state index is 14.0. The lowest BCUT2D eigenvalue weighted by atomic mass is 9.81. The van der Waals surface area contributed by atoms with Crippen LogP contribution in [0.2, 0.25) is 0 Å². The van der Waals surface area contributed by atoms with Crippen molar-refractivity contribution >= 4 is 17.6 Å². The van der Waals surface area contributed by atoms with Gasteiger partial charge in [-0.25, -0.2) is 27.7 Å². The third-order valence-electron chi connectivity index (χ3n) is 8.42. The summed E-state index contributed by atoms with van der Waals surface area (Å²) in [5.41, 5.74) is 1.68. The molecule has 2 saturated carbocycles. The fraction of sp³-hybridized carbons (Fsp3) is 0.615. The van der Waals surface area contributed by atoms with Crippen LogP contribution in [0.1, 0.15) is 84.5 Å². The smallest absolute Gasteiger partial charge is 0.342 e. The number of carbonyl (C=O) groups excluding carboxylic acids is 2. The molecule has 226 valence electrons. The molecule has 0 radical (unpaired) electrons. The normalized spacial score (nSPS) is 23.0. The average molecular weight is 597 g/mol. The average Bonchev–Trinajstić information content (AvgIpc) is 3.51. The van der Waals surface area contributed by atoms with E-state index in [1.807, 2.05) is 0 Å². The van der Waals surface area contributed by atoms with Gasteiger partial charge in [0.05, 0.1) is 30.2 Å². The van der Waals surface area contributed by atoms with E-state index in [9.17, 15) is 31.5 Å². The number of hydrogen-bond acceptors (Lipinski definition) is 7. The number of halogens is 5. The molecule has 0 spiro atoms. The van der Waals surface area contributed by atoms with E-state index < -0.39 is 42.2 Å². The van der Waals surface area contributed by atoms with E-state index in [4.69, 9.17) is 0 Å². The van der Waals surface area contributed by atoms with E-state index in [-0.39, 0.29) is 61.9 Å². The molecule has 3 fully saturated rings. The maximum Gasteiger partial charge on any atom is 0.408 e. The summed E-state index contributed by atoms with van der Waals surface area (Å²) < 4.78 is 73.7. The molecule has 3 aromatic rings. The molecular formula is C26H29F5N8O3. The Bertz CT molecular complexity index is 1480. The summed E-state index contributed by atoms with van der Waals surface area (Å²) in [7, 11) is 0. The number of urea groups is 1. The van der Waals surface area contributed by atoms with E-state index >= 15 is 0 Å². The number of aromatic nitrogens is 5. The second kappa shape index (κ2) is 10.5. The lowest BCUT2D eigenvalue weighted by Gasteiger charge is -2.38. The molecule has 42 heavy (non-hydrogen) atoms. The summed E-state index contributed by atoms with van der Waals surface area (Å²) in [5, 5.41) is 16.7. The number of hydrogen-bond donors (Lipinski definition) is 2. The number of fused-ring (bicyclic) bond motifs is 1. The molecule has 3 unspecified atom stereocenters. The van der Waals surface area contributed by atoms with Gasteiger partial charge >= 0.3 is 12.2 Å². The number of nitrogens with one attached hydrogen (secondary N) is 2. The molecule has 3 amide bonds. The summed E-state index contributed by atoms with van der Waals surface area (Å²) in [4.78, 5) is 31.9. The lowest BCUT2D eigenvalue weighted by molar-refractivity contribution is -0.159. The molecule has 3 aromatic heterocycles. The van der Waals surface area contributed by atoms with Crippen molar-refractivity contribution in [2.24, 2.45) is 11.8 Å². The van der Waals surface area contributed by atoms with Crippen LogP contribution < -0.4 is 10.6 Å². The molecule has 0 aromatic carbocycles. The van der Waals surface area contributed by atoms with E-state index in [0.29, 0.717) is 16.9 Å². The van der Waals surface area contributed by atoms with Crippen LogP contribution in [0, 0.1) is 18.8 Å². The SMILES string of the molecule is Cc1nonc1C(=O)NC(c1cn2ncc(C(C3CC3)N3CCC(C(F)(F)F)NC3=O)cc2n1)C1CCC(F)(F)CC1. The van der Waals surface area contributed by atoms with Crippen molar-refractivity contribution in [2.75, 3.05) is 6.54 Å². The Morgan fingerprint density at radius 3 is 2.50 bits per heavy atom. The summed E-state index contributed by atoms with van der Waals surface area (Å²) in [6, 6.07) is -2.15. The molecule has 11 nitrogen and oxygen atoms in total. The van der Waals surface area contributed by atoms with E-state index in [2.05, 4.69) is 35.7 Å². The zero-order chi connectivity index (χ0) is 29.8. The molecule has 4 heterocycles. The number of imidazole rings is 1. The molecular weight excluding hydrogens is 567 g/mol. The highest BCUT2D eigenvalue weighted by molar-refractivity contribution is 5.93. The highest BCUT2D eigenvalue weighted by atomic mass is 19.4. The zero-order valence-corrected chi connectivity index (χ0v) is 22.6. The Morgan fingerprint density at radius 2 is 1.88 bits per heavy atom. The highest BCUT2D eigenvalue weighted by Gasteiger charge is 2.47. The summed E-state index contributed by atoms with van der Waals surface area (Å²) in [5.74, 6) is -3.61. The van der Waals surface area contributed by atoms with Crippen LogP contribution in [0.15, 0.2) is 23.1 Å². The summed E-state index contributed by atoms with van der Waals surface area (Å²) in [6.07, 6.45) is -0.294. The highest BCUT2D eigenvalue weighted by Crippen LogP contribution is 2.46. The number of aryl methyl sites for hydroxylation is 1. The van der Waals surface area contributed by atoms with Gasteiger partial charge in [-0.2, -0.15) is 18.3 Å². The van der Waals surface area contributed by atoms with Gasteiger partial charge in [0.25, 0.3) is 5.91 Å². The largest absolute Gasteiger partial charge is 0.408 e. The van der Waals surface area contributed by atoms with Crippen molar-refractivity contribution < 1.29 is 36.2 Å². The van der Waals surface area contributed by atoms with Gasteiger partial charge in [0.15, 0.2) is 11.3 Å². The van der Waals surface area contributed by atoms with Crippen molar-refractivity contribution in [3.63, 3.8) is 0 Å². The molecule has 1 saturated heterocycles. The van der Waals surface area contributed by atoms with Crippen LogP contribution >= 0.6 is 0 Å². The van der Waals surface area contributed by atoms with Crippen molar-refractivity contribution in [2.45, 2.75) is 82.1 Å². The maximum atomic E-state index is 14.0. The molecule has 1 aliphatic heterocycles. The lowest BCUT2D eigenvalue weighted by Crippen LogP contribution is -2.57. The van der Waals surface area contributed by atoms with Crippen LogP contribution in [-0.4, -0.2) is 66.4 Å². The number of alkyl halides is 5. The van der Waals surface area contributed by atoms with Gasteiger partial charge in [-0.05, 0) is 67.7 Å². The molecule has 0 bridgehead atoms. The second-order valence-electron chi connectivity index (χ2n) is 11.4. The Labute approximate surface area is 236 Å². The van der Waals surface area contributed by atoms with Crippen LogP contribution in [0.5, 0.6) is 0 Å². The Hall–Kier alpha value is -3.85. The minimum absolute atomic E-state index is 0.0230. The van der Waals surface area contributed by atoms with Gasteiger partial charge in [-0.1, -0.05) is 5.16 Å². The Morgan fingerprint density at radius 1 is 1.14 bits per heavy atom. The van der Waals surface area contributed by atoms with Crippen molar-refractivity contribution in [3.05, 3.63) is 41.1 Å². The van der Waals surface area contributed by atoms with Gasteiger partial charge in [0, 0.05) is 19.4 Å². The topological polar surface area (TPSA) is 131 Å². The third kappa shape index (κ3) is 5.62. The molecule has 16 heteroatoms. The predicted octanol–water partition coefficient (Wildman–Crippen LogP) is 4.51.